The minimum Gasteiger partial charge on any atom is -0.488 e. The number of aromatic amines is 1. The number of aryl methyl sites for hydroxylation is 2. The molecular weight excluding hydrogens is 352 g/mol. The molecule has 3 heterocycles. The molecule has 1 aromatic carbocycles. The predicted octanol–water partition coefficient (Wildman–Crippen LogP) is 4.06. The van der Waals surface area contributed by atoms with E-state index in [2.05, 4.69) is 20.5 Å². The van der Waals surface area contributed by atoms with Gasteiger partial charge in [-0.1, -0.05) is 0 Å². The van der Waals surface area contributed by atoms with Crippen LogP contribution in [-0.4, -0.2) is 21.1 Å². The van der Waals surface area contributed by atoms with Gasteiger partial charge >= 0.3 is 0 Å². The average molecular weight is 368 g/mol. The lowest BCUT2D eigenvalue weighted by molar-refractivity contribution is 0.102. The maximum absolute atomic E-state index is 12.6. The first kappa shape index (κ1) is 16.3. The molecule has 0 bridgehead atoms. The highest BCUT2D eigenvalue weighted by molar-refractivity contribution is 7.09. The lowest BCUT2D eigenvalue weighted by Crippen LogP contribution is -2.12. The Labute approximate surface area is 153 Å². The molecule has 3 aromatic heterocycles. The van der Waals surface area contributed by atoms with Crippen molar-refractivity contribution in [1.82, 2.24) is 15.2 Å². The van der Waals surface area contributed by atoms with E-state index in [4.69, 9.17) is 9.15 Å². The summed E-state index contributed by atoms with van der Waals surface area (Å²) in [4.78, 5) is 17.9. The van der Waals surface area contributed by atoms with Crippen molar-refractivity contribution in [3.05, 3.63) is 58.0 Å². The van der Waals surface area contributed by atoms with Crippen molar-refractivity contribution < 1.29 is 13.9 Å². The topological polar surface area (TPSA) is 93.0 Å². The Bertz CT molecular complexity index is 1070. The van der Waals surface area contributed by atoms with Crippen LogP contribution in [0.25, 0.3) is 11.0 Å². The number of carbonyl (C=O) groups excluding carboxylic acids is 1. The first-order valence-electron chi connectivity index (χ1n) is 7.97. The maximum atomic E-state index is 12.6. The van der Waals surface area contributed by atoms with Gasteiger partial charge in [0.2, 0.25) is 0 Å². The standard InChI is InChI=1S/C18H16N4O3S/c1-10-16(26-9-19-10)8-24-13-3-4-15-14(5-13)17(11(2)25-15)18(23)22-12-6-20-21-7-12/h3-7,9H,8H2,1-2H3,(H,20,21)(H,22,23). The van der Waals surface area contributed by atoms with Gasteiger partial charge in [-0.2, -0.15) is 5.10 Å². The van der Waals surface area contributed by atoms with Gasteiger partial charge in [0.05, 0.1) is 33.5 Å². The van der Waals surface area contributed by atoms with E-state index in [1.54, 1.807) is 36.2 Å². The average Bonchev–Trinajstić information content (AvgIpc) is 3.32. The summed E-state index contributed by atoms with van der Waals surface area (Å²) in [6.45, 7) is 4.16. The largest absolute Gasteiger partial charge is 0.488 e. The lowest BCUT2D eigenvalue weighted by Gasteiger charge is -2.06. The molecule has 0 aliphatic rings. The van der Waals surface area contributed by atoms with E-state index in [1.165, 1.54) is 0 Å². The van der Waals surface area contributed by atoms with Crippen molar-refractivity contribution >= 4 is 33.9 Å². The number of H-pyrrole nitrogens is 1. The number of nitrogens with one attached hydrogen (secondary N) is 2. The summed E-state index contributed by atoms with van der Waals surface area (Å²) in [5.74, 6) is 0.970. The highest BCUT2D eigenvalue weighted by Gasteiger charge is 2.19. The van der Waals surface area contributed by atoms with Crippen LogP contribution in [0.15, 0.2) is 40.5 Å². The van der Waals surface area contributed by atoms with E-state index < -0.39 is 0 Å². The van der Waals surface area contributed by atoms with Gasteiger partial charge in [-0.15, -0.1) is 11.3 Å². The molecule has 4 aromatic rings. The number of hydrogen-bond donors (Lipinski definition) is 2. The number of ether oxygens (including phenoxy) is 1. The van der Waals surface area contributed by atoms with Crippen LogP contribution >= 0.6 is 11.3 Å². The number of hydrogen-bond acceptors (Lipinski definition) is 6. The summed E-state index contributed by atoms with van der Waals surface area (Å²) in [6, 6.07) is 5.47. The smallest absolute Gasteiger partial charge is 0.259 e. The second-order valence-electron chi connectivity index (χ2n) is 5.78. The van der Waals surface area contributed by atoms with Gasteiger partial charge in [0, 0.05) is 11.6 Å². The number of fused-ring (bicyclic) bond motifs is 1. The molecule has 7 nitrogen and oxygen atoms in total. The summed E-state index contributed by atoms with van der Waals surface area (Å²) in [5, 5.41) is 10.00. The van der Waals surface area contributed by atoms with Crippen LogP contribution < -0.4 is 10.1 Å². The molecule has 0 saturated heterocycles. The number of aromatic nitrogens is 3. The fraction of sp³-hybridized carbons (Fsp3) is 0.167. The third kappa shape index (κ3) is 3.06. The number of anilines is 1. The van der Waals surface area contributed by atoms with E-state index in [0.717, 1.165) is 10.6 Å². The van der Waals surface area contributed by atoms with E-state index in [9.17, 15) is 4.79 Å². The Balaban J connectivity index is 1.62. The molecule has 132 valence electrons. The number of benzene rings is 1. The number of carbonyl (C=O) groups is 1. The summed E-state index contributed by atoms with van der Waals surface area (Å²) < 4.78 is 11.6. The SMILES string of the molecule is Cc1ncsc1COc1ccc2oc(C)c(C(=O)Nc3cn[nH]c3)c2c1. The van der Waals surface area contributed by atoms with E-state index in [-0.39, 0.29) is 5.91 Å². The molecule has 0 aliphatic heterocycles. The summed E-state index contributed by atoms with van der Waals surface area (Å²) in [6.07, 6.45) is 3.16. The van der Waals surface area contributed by atoms with Gasteiger partial charge in [0.25, 0.3) is 5.91 Å². The van der Waals surface area contributed by atoms with Gasteiger partial charge in [-0.3, -0.25) is 9.89 Å². The van der Waals surface area contributed by atoms with Crippen molar-refractivity contribution in [3.8, 4) is 5.75 Å². The number of amides is 1. The van der Waals surface area contributed by atoms with Crippen LogP contribution in [-0.2, 0) is 6.61 Å². The van der Waals surface area contributed by atoms with Gasteiger partial charge in [-0.25, -0.2) is 4.98 Å². The van der Waals surface area contributed by atoms with Crippen molar-refractivity contribution in [3.63, 3.8) is 0 Å². The molecule has 0 saturated carbocycles. The van der Waals surface area contributed by atoms with Gasteiger partial charge in [0.1, 0.15) is 23.7 Å². The molecule has 0 aliphatic carbocycles. The minimum atomic E-state index is -0.252. The van der Waals surface area contributed by atoms with Crippen LogP contribution in [0, 0.1) is 13.8 Å². The Morgan fingerprint density at radius 1 is 1.38 bits per heavy atom. The Hall–Kier alpha value is -3.13. The third-order valence-corrected chi connectivity index (χ3v) is 4.94. The van der Waals surface area contributed by atoms with Crippen molar-refractivity contribution in [2.75, 3.05) is 5.32 Å². The van der Waals surface area contributed by atoms with Crippen molar-refractivity contribution in [1.29, 1.82) is 0 Å². The van der Waals surface area contributed by atoms with E-state index >= 15 is 0 Å². The summed E-state index contributed by atoms with van der Waals surface area (Å²) >= 11 is 1.56. The minimum absolute atomic E-state index is 0.252. The maximum Gasteiger partial charge on any atom is 0.259 e. The molecule has 0 unspecified atom stereocenters. The lowest BCUT2D eigenvalue weighted by atomic mass is 10.1. The van der Waals surface area contributed by atoms with Gasteiger partial charge < -0.3 is 14.5 Å². The van der Waals surface area contributed by atoms with Crippen LogP contribution in [0.1, 0.15) is 26.7 Å². The first-order valence-corrected chi connectivity index (χ1v) is 8.85. The van der Waals surface area contributed by atoms with E-state index in [1.807, 2.05) is 25.1 Å². The zero-order chi connectivity index (χ0) is 18.1. The second kappa shape index (κ2) is 6.64. The third-order valence-electron chi connectivity index (χ3n) is 4.03. The van der Waals surface area contributed by atoms with Crippen LogP contribution in [0.4, 0.5) is 5.69 Å². The monoisotopic (exact) mass is 368 g/mol. The molecule has 1 amide bonds. The number of furan rings is 1. The van der Waals surface area contributed by atoms with Gasteiger partial charge in [-0.05, 0) is 32.0 Å². The highest BCUT2D eigenvalue weighted by atomic mass is 32.1. The number of rotatable bonds is 5. The van der Waals surface area contributed by atoms with Crippen molar-refractivity contribution in [2.45, 2.75) is 20.5 Å². The number of thiazole rings is 1. The zero-order valence-corrected chi connectivity index (χ0v) is 15.0. The molecule has 2 N–H and O–H groups in total. The normalized spacial score (nSPS) is 11.0. The molecule has 0 spiro atoms. The molecular formula is C18H16N4O3S. The van der Waals surface area contributed by atoms with Crippen molar-refractivity contribution in [2.24, 2.45) is 0 Å². The molecule has 0 radical (unpaired) electrons. The van der Waals surface area contributed by atoms with Crippen LogP contribution in [0.3, 0.4) is 0 Å². The molecule has 0 fully saturated rings. The Morgan fingerprint density at radius 2 is 2.27 bits per heavy atom. The molecule has 26 heavy (non-hydrogen) atoms. The summed E-state index contributed by atoms with van der Waals surface area (Å²) in [5.41, 5.74) is 4.49. The summed E-state index contributed by atoms with van der Waals surface area (Å²) in [7, 11) is 0. The van der Waals surface area contributed by atoms with Crippen LogP contribution in [0.5, 0.6) is 5.75 Å². The molecule has 0 atom stereocenters. The molecule has 4 rings (SSSR count). The van der Waals surface area contributed by atoms with E-state index in [0.29, 0.717) is 40.3 Å². The fourth-order valence-corrected chi connectivity index (χ4v) is 3.39. The fourth-order valence-electron chi connectivity index (χ4n) is 2.70. The van der Waals surface area contributed by atoms with Crippen LogP contribution in [0.2, 0.25) is 0 Å². The predicted molar refractivity (Wildman–Crippen MR) is 98.7 cm³/mol. The molecule has 8 heteroatoms. The quantitative estimate of drug-likeness (QED) is 0.554. The number of nitrogens with zero attached hydrogens (tertiary/aromatic N) is 2. The zero-order valence-electron chi connectivity index (χ0n) is 14.2. The Morgan fingerprint density at radius 3 is 3.00 bits per heavy atom. The first-order chi connectivity index (χ1) is 12.6. The van der Waals surface area contributed by atoms with Gasteiger partial charge in [0.15, 0.2) is 0 Å². The second-order valence-corrected chi connectivity index (χ2v) is 6.72. The Kier molecular flexibility index (Phi) is 4.18. The highest BCUT2D eigenvalue weighted by Crippen LogP contribution is 2.30.